The predicted molar refractivity (Wildman–Crippen MR) is 134 cm³/mol. The molecule has 4 heteroatoms. The second-order valence-corrected chi connectivity index (χ2v) is 9.32. The van der Waals surface area contributed by atoms with E-state index >= 15 is 0 Å². The molecule has 0 fully saturated rings. The van der Waals surface area contributed by atoms with Crippen molar-refractivity contribution in [1.82, 2.24) is 0 Å². The average molecular weight is 452 g/mol. The molecular weight excluding hydrogens is 422 g/mol. The van der Waals surface area contributed by atoms with E-state index in [1.54, 1.807) is 7.11 Å². The lowest BCUT2D eigenvalue weighted by molar-refractivity contribution is -0.120. The second kappa shape index (κ2) is 8.94. The summed E-state index contributed by atoms with van der Waals surface area (Å²) < 4.78 is 5.63. The summed E-state index contributed by atoms with van der Waals surface area (Å²) in [5.74, 6) is 0.595. The zero-order valence-corrected chi connectivity index (χ0v) is 19.9. The van der Waals surface area contributed by atoms with E-state index in [0.29, 0.717) is 18.6 Å². The Kier molecular flexibility index (Phi) is 5.82. The Morgan fingerprint density at radius 3 is 2.35 bits per heavy atom. The van der Waals surface area contributed by atoms with E-state index < -0.39 is 0 Å². The van der Waals surface area contributed by atoms with Crippen molar-refractivity contribution in [1.29, 1.82) is 0 Å². The molecule has 5 rings (SSSR count). The van der Waals surface area contributed by atoms with Gasteiger partial charge in [0.25, 0.3) is 0 Å². The molecule has 2 atom stereocenters. The number of benzene rings is 3. The third kappa shape index (κ3) is 3.83. The Labute approximate surface area is 200 Å². The minimum atomic E-state index is -0.302. The van der Waals surface area contributed by atoms with Crippen molar-refractivity contribution in [2.24, 2.45) is 0 Å². The van der Waals surface area contributed by atoms with Gasteiger partial charge in [-0.2, -0.15) is 0 Å². The molecule has 172 valence electrons. The molecule has 0 spiro atoms. The van der Waals surface area contributed by atoms with Crippen LogP contribution in [0.25, 0.3) is 0 Å². The summed E-state index contributed by atoms with van der Waals surface area (Å²) in [6, 6.07) is 24.1. The highest BCUT2D eigenvalue weighted by atomic mass is 16.5. The first-order chi connectivity index (χ1) is 16.5. The summed E-state index contributed by atoms with van der Waals surface area (Å²) in [7, 11) is 1.63. The van der Waals surface area contributed by atoms with Crippen LogP contribution in [0.15, 0.2) is 84.1 Å². The van der Waals surface area contributed by atoms with Crippen LogP contribution in [0.1, 0.15) is 53.4 Å². The molecule has 0 radical (unpaired) electrons. The van der Waals surface area contributed by atoms with E-state index in [0.717, 1.165) is 39.2 Å². The molecule has 1 aliphatic carbocycles. The zero-order valence-electron chi connectivity index (χ0n) is 19.9. The highest BCUT2D eigenvalue weighted by molar-refractivity contribution is 6.08. The lowest BCUT2D eigenvalue weighted by Crippen LogP contribution is -2.42. The largest absolute Gasteiger partial charge is 0.496 e. The molecule has 1 amide bonds. The van der Waals surface area contributed by atoms with Crippen LogP contribution in [0.4, 0.5) is 5.69 Å². The van der Waals surface area contributed by atoms with Crippen molar-refractivity contribution in [2.45, 2.75) is 44.9 Å². The highest BCUT2D eigenvalue weighted by Crippen LogP contribution is 2.48. The van der Waals surface area contributed by atoms with Crippen molar-refractivity contribution in [3.8, 4) is 5.75 Å². The molecule has 4 nitrogen and oxygen atoms in total. The van der Waals surface area contributed by atoms with Crippen LogP contribution in [0, 0.1) is 13.8 Å². The lowest BCUT2D eigenvalue weighted by Gasteiger charge is -2.41. The Morgan fingerprint density at radius 1 is 0.853 bits per heavy atom. The molecular formula is C30H29NO3. The van der Waals surface area contributed by atoms with Gasteiger partial charge in [0.1, 0.15) is 5.75 Å². The maximum atomic E-state index is 13.8. The molecule has 0 bridgehead atoms. The minimum Gasteiger partial charge on any atom is -0.496 e. The normalized spacial score (nSPS) is 20.4. The van der Waals surface area contributed by atoms with Crippen LogP contribution in [0.2, 0.25) is 0 Å². The van der Waals surface area contributed by atoms with E-state index in [2.05, 4.69) is 24.3 Å². The summed E-state index contributed by atoms with van der Waals surface area (Å²) in [4.78, 5) is 29.4. The number of allylic oxidation sites excluding steroid dienone is 2. The maximum absolute atomic E-state index is 13.8. The fourth-order valence-electron chi connectivity index (χ4n) is 5.46. The van der Waals surface area contributed by atoms with Crippen molar-refractivity contribution in [3.63, 3.8) is 0 Å². The van der Waals surface area contributed by atoms with Gasteiger partial charge in [0.05, 0.1) is 12.8 Å². The number of anilines is 1. The Balaban J connectivity index is 1.70. The van der Waals surface area contributed by atoms with Crippen LogP contribution in [-0.4, -0.2) is 18.8 Å². The number of ketones is 1. The van der Waals surface area contributed by atoms with Crippen molar-refractivity contribution >= 4 is 17.4 Å². The molecule has 0 aromatic heterocycles. The van der Waals surface area contributed by atoms with Gasteiger partial charge in [0, 0.05) is 35.6 Å². The molecule has 3 aromatic rings. The van der Waals surface area contributed by atoms with Gasteiger partial charge in [-0.05, 0) is 55.0 Å². The van der Waals surface area contributed by atoms with E-state index in [4.69, 9.17) is 4.74 Å². The molecule has 0 saturated heterocycles. The molecule has 0 N–H and O–H groups in total. The third-order valence-corrected chi connectivity index (χ3v) is 7.12. The molecule has 1 heterocycles. The van der Waals surface area contributed by atoms with Crippen LogP contribution in [-0.2, 0) is 9.59 Å². The number of carbonyl (C=O) groups is 2. The Hall–Kier alpha value is -3.66. The SMILES string of the molecule is COc1ccccc1C1CC(=O)N(c2cc(C)ccc2C)C2=C1C(=O)CC(c1ccccc1)C2. The first-order valence-electron chi connectivity index (χ1n) is 11.8. The first-order valence-corrected chi connectivity index (χ1v) is 11.8. The average Bonchev–Trinajstić information content (AvgIpc) is 2.85. The highest BCUT2D eigenvalue weighted by Gasteiger charge is 2.43. The predicted octanol–water partition coefficient (Wildman–Crippen LogP) is 6.23. The summed E-state index contributed by atoms with van der Waals surface area (Å²) in [6.07, 6.45) is 1.34. The fraction of sp³-hybridized carbons (Fsp3) is 0.267. The number of ether oxygens (including phenoxy) is 1. The number of nitrogens with zero attached hydrogens (tertiary/aromatic N) is 1. The second-order valence-electron chi connectivity index (χ2n) is 9.32. The molecule has 0 saturated carbocycles. The maximum Gasteiger partial charge on any atom is 0.232 e. The topological polar surface area (TPSA) is 46.6 Å². The van der Waals surface area contributed by atoms with Gasteiger partial charge in [0.15, 0.2) is 5.78 Å². The third-order valence-electron chi connectivity index (χ3n) is 7.12. The van der Waals surface area contributed by atoms with E-state index in [9.17, 15) is 9.59 Å². The van der Waals surface area contributed by atoms with Gasteiger partial charge >= 0.3 is 0 Å². The Bertz CT molecular complexity index is 1290. The summed E-state index contributed by atoms with van der Waals surface area (Å²) in [5, 5.41) is 0. The summed E-state index contributed by atoms with van der Waals surface area (Å²) in [6.45, 7) is 4.05. The number of hydrogen-bond donors (Lipinski definition) is 0. The van der Waals surface area contributed by atoms with Crippen LogP contribution >= 0.6 is 0 Å². The quantitative estimate of drug-likeness (QED) is 0.472. The number of amides is 1. The van der Waals surface area contributed by atoms with Crippen molar-refractivity contribution in [3.05, 3.63) is 106 Å². The molecule has 1 aliphatic heterocycles. The number of methoxy groups -OCH3 is 1. The minimum absolute atomic E-state index is 0.0184. The van der Waals surface area contributed by atoms with Crippen LogP contribution < -0.4 is 9.64 Å². The van der Waals surface area contributed by atoms with Crippen LogP contribution in [0.5, 0.6) is 5.75 Å². The lowest BCUT2D eigenvalue weighted by atomic mass is 9.72. The first kappa shape index (κ1) is 22.1. The van der Waals surface area contributed by atoms with Crippen molar-refractivity contribution < 1.29 is 14.3 Å². The number of carbonyl (C=O) groups excluding carboxylic acids is 2. The standard InChI is InChI=1S/C30H29NO3/c1-19-13-14-20(2)25(15-19)31-26-16-22(21-9-5-4-6-10-21)17-27(32)30(26)24(18-29(31)33)23-11-7-8-12-28(23)34-3/h4-15,22,24H,16-18H2,1-3H3. The fourth-order valence-corrected chi connectivity index (χ4v) is 5.46. The number of hydrogen-bond acceptors (Lipinski definition) is 3. The number of Topliss-reactive ketones (excluding diaryl/α,β-unsaturated/α-hetero) is 1. The summed E-state index contributed by atoms with van der Waals surface area (Å²) >= 11 is 0. The number of para-hydroxylation sites is 1. The summed E-state index contributed by atoms with van der Waals surface area (Å²) in [5.41, 5.74) is 6.62. The van der Waals surface area contributed by atoms with E-state index in [1.165, 1.54) is 0 Å². The molecule has 34 heavy (non-hydrogen) atoms. The molecule has 2 aliphatic rings. The van der Waals surface area contributed by atoms with E-state index in [-0.39, 0.29) is 29.9 Å². The van der Waals surface area contributed by atoms with Crippen LogP contribution in [0.3, 0.4) is 0 Å². The van der Waals surface area contributed by atoms with Gasteiger partial charge < -0.3 is 4.74 Å². The number of rotatable bonds is 4. The zero-order chi connectivity index (χ0) is 23.8. The smallest absolute Gasteiger partial charge is 0.232 e. The number of aryl methyl sites for hydroxylation is 2. The molecule has 3 aromatic carbocycles. The van der Waals surface area contributed by atoms with Gasteiger partial charge in [-0.3, -0.25) is 14.5 Å². The van der Waals surface area contributed by atoms with E-state index in [1.807, 2.05) is 67.3 Å². The van der Waals surface area contributed by atoms with Gasteiger partial charge in [0.2, 0.25) is 5.91 Å². The molecule has 2 unspecified atom stereocenters. The van der Waals surface area contributed by atoms with Gasteiger partial charge in [-0.25, -0.2) is 0 Å². The van der Waals surface area contributed by atoms with Gasteiger partial charge in [-0.1, -0.05) is 60.7 Å². The Morgan fingerprint density at radius 2 is 1.59 bits per heavy atom. The monoisotopic (exact) mass is 451 g/mol. The van der Waals surface area contributed by atoms with Gasteiger partial charge in [-0.15, -0.1) is 0 Å². The van der Waals surface area contributed by atoms with Crippen molar-refractivity contribution in [2.75, 3.05) is 12.0 Å².